The van der Waals surface area contributed by atoms with Gasteiger partial charge in [-0.15, -0.1) is 11.3 Å². The van der Waals surface area contributed by atoms with Gasteiger partial charge in [0.05, 0.1) is 23.8 Å². The monoisotopic (exact) mass is 377 g/mol. The minimum Gasteiger partial charge on any atom is -0.399 e. The van der Waals surface area contributed by atoms with Crippen molar-refractivity contribution in [1.82, 2.24) is 14.5 Å². The van der Waals surface area contributed by atoms with Crippen LogP contribution in [0, 0.1) is 0 Å². The molecule has 0 aliphatic heterocycles. The number of rotatable bonds is 4. The zero-order valence-electron chi connectivity index (χ0n) is 14.1. The summed E-state index contributed by atoms with van der Waals surface area (Å²) >= 11 is 1.27. The smallest absolute Gasteiger partial charge is 0.263 e. The zero-order valence-corrected chi connectivity index (χ0v) is 14.9. The number of carbonyl (C=O) groups excluding carboxylic acids is 1. The predicted molar refractivity (Wildman–Crippen MR) is 106 cm³/mol. The molecule has 0 fully saturated rings. The lowest BCUT2D eigenvalue weighted by atomic mass is 10.2. The number of anilines is 2. The molecule has 0 aliphatic rings. The van der Waals surface area contributed by atoms with Crippen LogP contribution in [0.15, 0.2) is 65.3 Å². The van der Waals surface area contributed by atoms with Gasteiger partial charge in [-0.05, 0) is 35.9 Å². The Morgan fingerprint density at radius 3 is 2.78 bits per heavy atom. The third-order valence-electron chi connectivity index (χ3n) is 4.05. The van der Waals surface area contributed by atoms with E-state index in [1.54, 1.807) is 42.0 Å². The fraction of sp³-hybridized carbons (Fsp3) is 0.0526. The lowest BCUT2D eigenvalue weighted by Gasteiger charge is -2.07. The zero-order chi connectivity index (χ0) is 18.8. The van der Waals surface area contributed by atoms with E-state index < -0.39 is 0 Å². The second kappa shape index (κ2) is 7.00. The van der Waals surface area contributed by atoms with Gasteiger partial charge >= 0.3 is 0 Å². The molecule has 1 aromatic carbocycles. The fourth-order valence-electron chi connectivity index (χ4n) is 2.70. The van der Waals surface area contributed by atoms with Crippen molar-refractivity contribution in [2.24, 2.45) is 0 Å². The number of carbonyl (C=O) groups is 1. The Morgan fingerprint density at radius 1 is 1.22 bits per heavy atom. The maximum Gasteiger partial charge on any atom is 0.263 e. The Kier molecular flexibility index (Phi) is 4.39. The Labute approximate surface area is 158 Å². The number of nitrogens with one attached hydrogen (secondary N) is 1. The lowest BCUT2D eigenvalue weighted by Crippen LogP contribution is -2.23. The highest BCUT2D eigenvalue weighted by molar-refractivity contribution is 7.17. The summed E-state index contributed by atoms with van der Waals surface area (Å²) in [4.78, 5) is 34.5. The lowest BCUT2D eigenvalue weighted by molar-refractivity contribution is 0.102. The molecule has 0 saturated carbocycles. The number of nitrogens with zero attached hydrogens (tertiary/aromatic N) is 3. The van der Waals surface area contributed by atoms with Crippen molar-refractivity contribution >= 4 is 38.8 Å². The minimum atomic E-state index is -0.357. The molecule has 0 atom stereocenters. The first-order valence-corrected chi connectivity index (χ1v) is 9.02. The summed E-state index contributed by atoms with van der Waals surface area (Å²) in [5.41, 5.74) is 7.80. The molecule has 0 saturated heterocycles. The molecule has 0 spiro atoms. The number of pyridine rings is 1. The number of hydrogen-bond acceptors (Lipinski definition) is 6. The van der Waals surface area contributed by atoms with E-state index in [1.165, 1.54) is 22.2 Å². The summed E-state index contributed by atoms with van der Waals surface area (Å²) in [6.07, 6.45) is 4.86. The van der Waals surface area contributed by atoms with Crippen LogP contribution < -0.4 is 16.6 Å². The van der Waals surface area contributed by atoms with Crippen LogP contribution in [-0.2, 0) is 6.54 Å². The van der Waals surface area contributed by atoms with Crippen LogP contribution in [0.5, 0.6) is 0 Å². The SMILES string of the molecule is Nc1ccc(NC(=O)c2csc3ncn(Cc4cccnc4)c(=O)c23)cc1. The van der Waals surface area contributed by atoms with Crippen LogP contribution in [0.2, 0.25) is 0 Å². The summed E-state index contributed by atoms with van der Waals surface area (Å²) in [6, 6.07) is 10.5. The molecule has 8 heteroatoms. The molecule has 3 aromatic heterocycles. The van der Waals surface area contributed by atoms with E-state index in [-0.39, 0.29) is 11.5 Å². The molecule has 1 amide bonds. The summed E-state index contributed by atoms with van der Waals surface area (Å²) in [6.45, 7) is 0.338. The molecule has 0 bridgehead atoms. The Balaban J connectivity index is 1.69. The number of amides is 1. The van der Waals surface area contributed by atoms with E-state index in [0.29, 0.717) is 33.7 Å². The van der Waals surface area contributed by atoms with Gasteiger partial charge in [0.1, 0.15) is 4.83 Å². The van der Waals surface area contributed by atoms with Crippen LogP contribution >= 0.6 is 11.3 Å². The van der Waals surface area contributed by atoms with Crippen LogP contribution in [0.3, 0.4) is 0 Å². The first kappa shape index (κ1) is 16.9. The topological polar surface area (TPSA) is 103 Å². The van der Waals surface area contributed by atoms with Crippen molar-refractivity contribution in [2.45, 2.75) is 6.54 Å². The van der Waals surface area contributed by atoms with Crippen molar-refractivity contribution in [3.05, 3.63) is 82.0 Å². The van der Waals surface area contributed by atoms with Gasteiger partial charge in [-0.1, -0.05) is 6.07 Å². The van der Waals surface area contributed by atoms with Crippen LogP contribution in [0.25, 0.3) is 10.2 Å². The summed E-state index contributed by atoms with van der Waals surface area (Å²) < 4.78 is 1.48. The first-order chi connectivity index (χ1) is 13.1. The largest absolute Gasteiger partial charge is 0.399 e. The van der Waals surface area contributed by atoms with Crippen molar-refractivity contribution in [3.8, 4) is 0 Å². The summed E-state index contributed by atoms with van der Waals surface area (Å²) in [5.74, 6) is -0.357. The second-order valence-electron chi connectivity index (χ2n) is 5.94. The quantitative estimate of drug-likeness (QED) is 0.532. The maximum atomic E-state index is 12.9. The fourth-order valence-corrected chi connectivity index (χ4v) is 3.58. The van der Waals surface area contributed by atoms with Crippen molar-refractivity contribution < 1.29 is 4.79 Å². The van der Waals surface area contributed by atoms with Crippen LogP contribution in [0.1, 0.15) is 15.9 Å². The third kappa shape index (κ3) is 3.42. The number of nitrogen functional groups attached to an aromatic ring is 1. The Bertz CT molecular complexity index is 1170. The van der Waals surface area contributed by atoms with E-state index in [1.807, 2.05) is 12.1 Å². The molecular weight excluding hydrogens is 362 g/mol. The number of thiophene rings is 1. The number of fused-ring (bicyclic) bond motifs is 1. The number of nitrogens with two attached hydrogens (primary N) is 1. The van der Waals surface area contributed by atoms with Gasteiger partial charge in [-0.25, -0.2) is 4.98 Å². The molecule has 27 heavy (non-hydrogen) atoms. The molecular formula is C19H15N5O2S. The molecule has 7 nitrogen and oxygen atoms in total. The van der Waals surface area contributed by atoms with Gasteiger partial charge in [-0.3, -0.25) is 19.1 Å². The maximum absolute atomic E-state index is 12.9. The molecule has 134 valence electrons. The van der Waals surface area contributed by atoms with Crippen molar-refractivity contribution in [2.75, 3.05) is 11.1 Å². The highest BCUT2D eigenvalue weighted by atomic mass is 32.1. The average Bonchev–Trinajstić information content (AvgIpc) is 3.12. The molecule has 3 N–H and O–H groups in total. The van der Waals surface area contributed by atoms with Gasteiger partial charge in [-0.2, -0.15) is 0 Å². The second-order valence-corrected chi connectivity index (χ2v) is 6.80. The predicted octanol–water partition coefficient (Wildman–Crippen LogP) is 2.74. The van der Waals surface area contributed by atoms with Crippen molar-refractivity contribution in [1.29, 1.82) is 0 Å². The molecule has 0 unspecified atom stereocenters. The summed E-state index contributed by atoms with van der Waals surface area (Å²) in [7, 11) is 0. The number of hydrogen-bond donors (Lipinski definition) is 2. The number of aromatic nitrogens is 3. The van der Waals surface area contributed by atoms with Crippen molar-refractivity contribution in [3.63, 3.8) is 0 Å². The third-order valence-corrected chi connectivity index (χ3v) is 4.94. The first-order valence-electron chi connectivity index (χ1n) is 8.14. The van der Waals surface area contributed by atoms with Gasteiger partial charge < -0.3 is 11.1 Å². The molecule has 0 aliphatic carbocycles. The van der Waals surface area contributed by atoms with Gasteiger partial charge in [0.25, 0.3) is 11.5 Å². The molecule has 3 heterocycles. The van der Waals surface area contributed by atoms with E-state index in [4.69, 9.17) is 5.73 Å². The summed E-state index contributed by atoms with van der Waals surface area (Å²) in [5, 5.41) is 4.76. The van der Waals surface area contributed by atoms with Gasteiger partial charge in [0.2, 0.25) is 0 Å². The van der Waals surface area contributed by atoms with E-state index >= 15 is 0 Å². The van der Waals surface area contributed by atoms with Crippen LogP contribution in [-0.4, -0.2) is 20.4 Å². The molecule has 4 aromatic rings. The standard InChI is InChI=1S/C19H15N5O2S/c20-13-3-5-14(6-4-13)23-17(25)15-10-27-18-16(15)19(26)24(11-22-18)9-12-2-1-7-21-8-12/h1-8,10-11H,9,20H2,(H,23,25). The van der Waals surface area contributed by atoms with Crippen LogP contribution in [0.4, 0.5) is 11.4 Å². The van der Waals surface area contributed by atoms with E-state index in [2.05, 4.69) is 15.3 Å². The Morgan fingerprint density at radius 2 is 2.04 bits per heavy atom. The minimum absolute atomic E-state index is 0.257. The molecule has 0 radical (unpaired) electrons. The highest BCUT2D eigenvalue weighted by Crippen LogP contribution is 2.22. The number of benzene rings is 1. The van der Waals surface area contributed by atoms with E-state index in [0.717, 1.165) is 5.56 Å². The van der Waals surface area contributed by atoms with E-state index in [9.17, 15) is 9.59 Å². The molecule has 4 rings (SSSR count). The normalized spacial score (nSPS) is 10.8. The highest BCUT2D eigenvalue weighted by Gasteiger charge is 2.17. The van der Waals surface area contributed by atoms with Gasteiger partial charge in [0, 0.05) is 29.1 Å². The average molecular weight is 377 g/mol. The van der Waals surface area contributed by atoms with Gasteiger partial charge in [0.15, 0.2) is 0 Å². The Hall–Kier alpha value is -3.52.